The second-order valence-corrected chi connectivity index (χ2v) is 2.39. The number of benzene rings is 1. The Morgan fingerprint density at radius 1 is 1.00 bits per heavy atom. The Hall–Kier alpha value is -1.22. The summed E-state index contributed by atoms with van der Waals surface area (Å²) in [5.41, 5.74) is 2.20. The number of hydrogen-bond acceptors (Lipinski definition) is 3. The zero-order valence-corrected chi connectivity index (χ0v) is 6.13. The van der Waals surface area contributed by atoms with Crippen molar-refractivity contribution >= 4 is 11.4 Å². The molecule has 0 unspecified atom stereocenters. The zero-order chi connectivity index (χ0) is 7.52. The largest absolute Gasteiger partial charge is 0.361 e. The van der Waals surface area contributed by atoms with Gasteiger partial charge in [-0.05, 0) is 12.1 Å². The molecule has 1 aromatic rings. The highest BCUT2D eigenvalue weighted by molar-refractivity contribution is 5.68. The van der Waals surface area contributed by atoms with E-state index in [4.69, 9.17) is 4.74 Å². The summed E-state index contributed by atoms with van der Waals surface area (Å²) in [5, 5.41) is 6.28. The summed E-state index contributed by atoms with van der Waals surface area (Å²) in [6.07, 6.45) is 0. The van der Waals surface area contributed by atoms with Gasteiger partial charge < -0.3 is 15.4 Å². The number of ether oxygens (including phenoxy) is 1. The lowest BCUT2D eigenvalue weighted by Gasteiger charge is -2.04. The third-order valence-electron chi connectivity index (χ3n) is 1.66. The number of anilines is 2. The second kappa shape index (κ2) is 2.80. The summed E-state index contributed by atoms with van der Waals surface area (Å²) < 4.78 is 5.15. The molecule has 0 aromatic heterocycles. The first-order valence-electron chi connectivity index (χ1n) is 3.61. The van der Waals surface area contributed by atoms with Gasteiger partial charge >= 0.3 is 0 Å². The van der Waals surface area contributed by atoms with E-state index < -0.39 is 0 Å². The van der Waals surface area contributed by atoms with Crippen LogP contribution in [0.1, 0.15) is 0 Å². The van der Waals surface area contributed by atoms with Gasteiger partial charge in [0.1, 0.15) is 13.5 Å². The molecule has 1 aliphatic heterocycles. The molecule has 0 aliphatic carbocycles. The van der Waals surface area contributed by atoms with Gasteiger partial charge in [-0.15, -0.1) is 0 Å². The topological polar surface area (TPSA) is 33.3 Å². The fraction of sp³-hybridized carbons (Fsp3) is 0.250. The van der Waals surface area contributed by atoms with Gasteiger partial charge in [0.05, 0.1) is 11.4 Å². The van der Waals surface area contributed by atoms with Crippen molar-refractivity contribution in [3.05, 3.63) is 24.3 Å². The Bertz CT molecular complexity index is 225. The molecule has 0 amide bonds. The van der Waals surface area contributed by atoms with Gasteiger partial charge in [0, 0.05) is 0 Å². The predicted molar refractivity (Wildman–Crippen MR) is 44.5 cm³/mol. The van der Waals surface area contributed by atoms with E-state index in [0.29, 0.717) is 13.5 Å². The van der Waals surface area contributed by atoms with Crippen LogP contribution in [0.25, 0.3) is 0 Å². The lowest BCUT2D eigenvalue weighted by molar-refractivity contribution is 0.174. The quantitative estimate of drug-likeness (QED) is 0.587. The molecule has 1 aromatic carbocycles. The highest BCUT2D eigenvalue weighted by Gasteiger charge is 2.02. The number of para-hydroxylation sites is 2. The molecule has 0 fully saturated rings. The molecule has 2 N–H and O–H groups in total. The van der Waals surface area contributed by atoms with Crippen molar-refractivity contribution in [2.45, 2.75) is 0 Å². The number of hydrogen-bond donors (Lipinski definition) is 2. The van der Waals surface area contributed by atoms with Gasteiger partial charge in [0.15, 0.2) is 0 Å². The Balaban J connectivity index is 2.33. The minimum atomic E-state index is 0.573. The Labute approximate surface area is 65.4 Å². The van der Waals surface area contributed by atoms with Crippen molar-refractivity contribution in [3.8, 4) is 0 Å². The summed E-state index contributed by atoms with van der Waals surface area (Å²) in [7, 11) is 0. The van der Waals surface area contributed by atoms with Crippen LogP contribution in [-0.4, -0.2) is 13.5 Å². The van der Waals surface area contributed by atoms with E-state index in [-0.39, 0.29) is 0 Å². The summed E-state index contributed by atoms with van der Waals surface area (Å²) in [6, 6.07) is 8.05. The van der Waals surface area contributed by atoms with E-state index >= 15 is 0 Å². The summed E-state index contributed by atoms with van der Waals surface area (Å²) in [5.74, 6) is 0. The van der Waals surface area contributed by atoms with Crippen molar-refractivity contribution in [3.63, 3.8) is 0 Å². The standard InChI is InChI=1S/C8H10N2O/c1-2-4-8-7(3-1)9-5-11-6-10-8/h1-4,9-10H,5-6H2. The third-order valence-corrected chi connectivity index (χ3v) is 1.66. The molecule has 0 saturated heterocycles. The van der Waals surface area contributed by atoms with Gasteiger partial charge in [-0.3, -0.25) is 0 Å². The molecule has 2 rings (SSSR count). The Morgan fingerprint density at radius 2 is 1.55 bits per heavy atom. The highest BCUT2D eigenvalue weighted by Crippen LogP contribution is 2.21. The lowest BCUT2D eigenvalue weighted by Crippen LogP contribution is -2.05. The fourth-order valence-electron chi connectivity index (χ4n) is 1.10. The molecule has 0 atom stereocenters. The van der Waals surface area contributed by atoms with E-state index in [0.717, 1.165) is 11.4 Å². The summed E-state index contributed by atoms with van der Waals surface area (Å²) >= 11 is 0. The molecular formula is C8H10N2O. The average molecular weight is 150 g/mol. The molecule has 0 bridgehead atoms. The molecule has 3 heteroatoms. The van der Waals surface area contributed by atoms with E-state index in [2.05, 4.69) is 10.6 Å². The first kappa shape index (κ1) is 6.49. The molecule has 0 spiro atoms. The number of rotatable bonds is 0. The van der Waals surface area contributed by atoms with Crippen LogP contribution < -0.4 is 10.6 Å². The minimum absolute atomic E-state index is 0.573. The van der Waals surface area contributed by atoms with Crippen molar-refractivity contribution in [2.24, 2.45) is 0 Å². The molecule has 11 heavy (non-hydrogen) atoms. The number of nitrogens with one attached hydrogen (secondary N) is 2. The van der Waals surface area contributed by atoms with Crippen LogP contribution in [0.2, 0.25) is 0 Å². The van der Waals surface area contributed by atoms with Gasteiger partial charge in [0.2, 0.25) is 0 Å². The maximum absolute atomic E-state index is 5.15. The normalized spacial score (nSPS) is 15.6. The zero-order valence-electron chi connectivity index (χ0n) is 6.13. The van der Waals surface area contributed by atoms with Crippen molar-refractivity contribution in [1.82, 2.24) is 0 Å². The van der Waals surface area contributed by atoms with Crippen LogP contribution in [0.15, 0.2) is 24.3 Å². The first-order chi connectivity index (χ1) is 5.47. The van der Waals surface area contributed by atoms with E-state index in [1.165, 1.54) is 0 Å². The Morgan fingerprint density at radius 3 is 2.09 bits per heavy atom. The van der Waals surface area contributed by atoms with Gasteiger partial charge in [-0.25, -0.2) is 0 Å². The SMILES string of the molecule is c1ccc2c(c1)NCOCN2. The fourth-order valence-corrected chi connectivity index (χ4v) is 1.10. The molecular weight excluding hydrogens is 140 g/mol. The van der Waals surface area contributed by atoms with Crippen molar-refractivity contribution in [2.75, 3.05) is 24.1 Å². The highest BCUT2D eigenvalue weighted by atomic mass is 16.5. The molecule has 58 valence electrons. The maximum atomic E-state index is 5.15. The average Bonchev–Trinajstić information content (AvgIpc) is 2.28. The number of fused-ring (bicyclic) bond motifs is 1. The van der Waals surface area contributed by atoms with Crippen LogP contribution in [0, 0.1) is 0 Å². The predicted octanol–water partition coefficient (Wildman–Crippen LogP) is 1.46. The second-order valence-electron chi connectivity index (χ2n) is 2.39. The summed E-state index contributed by atoms with van der Waals surface area (Å²) in [4.78, 5) is 0. The van der Waals surface area contributed by atoms with Gasteiger partial charge in [0.25, 0.3) is 0 Å². The third kappa shape index (κ3) is 1.28. The van der Waals surface area contributed by atoms with Gasteiger partial charge in [-0.2, -0.15) is 0 Å². The molecule has 1 aliphatic rings. The van der Waals surface area contributed by atoms with Crippen LogP contribution in [0.4, 0.5) is 11.4 Å². The van der Waals surface area contributed by atoms with E-state index in [1.54, 1.807) is 0 Å². The van der Waals surface area contributed by atoms with Crippen LogP contribution in [0.5, 0.6) is 0 Å². The van der Waals surface area contributed by atoms with Gasteiger partial charge in [-0.1, -0.05) is 12.1 Å². The minimum Gasteiger partial charge on any atom is -0.361 e. The van der Waals surface area contributed by atoms with Crippen LogP contribution in [-0.2, 0) is 4.74 Å². The first-order valence-corrected chi connectivity index (χ1v) is 3.61. The molecule has 0 saturated carbocycles. The summed E-state index contributed by atoms with van der Waals surface area (Å²) in [6.45, 7) is 1.15. The molecule has 0 radical (unpaired) electrons. The van der Waals surface area contributed by atoms with E-state index in [9.17, 15) is 0 Å². The molecule has 1 heterocycles. The van der Waals surface area contributed by atoms with Crippen molar-refractivity contribution in [1.29, 1.82) is 0 Å². The Kier molecular flexibility index (Phi) is 1.65. The monoisotopic (exact) mass is 150 g/mol. The van der Waals surface area contributed by atoms with E-state index in [1.807, 2.05) is 24.3 Å². The smallest absolute Gasteiger partial charge is 0.118 e. The van der Waals surface area contributed by atoms with Crippen LogP contribution >= 0.6 is 0 Å². The van der Waals surface area contributed by atoms with Crippen LogP contribution in [0.3, 0.4) is 0 Å². The molecule has 3 nitrogen and oxygen atoms in total. The van der Waals surface area contributed by atoms with Crippen molar-refractivity contribution < 1.29 is 4.74 Å². The lowest BCUT2D eigenvalue weighted by atomic mass is 10.3. The maximum Gasteiger partial charge on any atom is 0.118 e.